The molecule has 0 unspecified atom stereocenters. The van der Waals surface area contributed by atoms with Gasteiger partial charge in [-0.25, -0.2) is 29.3 Å². The summed E-state index contributed by atoms with van der Waals surface area (Å²) in [5.41, 5.74) is 10.5. The van der Waals surface area contributed by atoms with E-state index in [1.165, 1.54) is 0 Å². The van der Waals surface area contributed by atoms with Crippen LogP contribution in [0.2, 0.25) is 0 Å². The first-order chi connectivity index (χ1) is 34.6. The fraction of sp³-hybridized carbons (Fsp3) is 0. The van der Waals surface area contributed by atoms with E-state index in [-0.39, 0.29) is 22.8 Å². The van der Waals surface area contributed by atoms with Crippen LogP contribution in [0.15, 0.2) is 170 Å². The molecule has 0 aliphatic heterocycles. The number of rotatable bonds is 3. The minimum absolute atomic E-state index is 0.000341. The molecule has 0 bridgehead atoms. The molecule has 0 spiro atoms. The Morgan fingerprint density at radius 1 is 0.286 bits per heavy atom. The van der Waals surface area contributed by atoms with Gasteiger partial charge in [0.1, 0.15) is 24.3 Å². The van der Waals surface area contributed by atoms with Crippen molar-refractivity contribution in [2.45, 2.75) is 0 Å². The number of aromatic nitrogens is 6. The first-order valence-corrected chi connectivity index (χ1v) is 22.6. The van der Waals surface area contributed by atoms with Crippen molar-refractivity contribution in [3.63, 3.8) is 0 Å². The fourth-order valence-electron chi connectivity index (χ4n) is 10.9. The smallest absolute Gasteiger partial charge is 0.177 e. The Bertz CT molecular complexity index is 4590. The van der Waals surface area contributed by atoms with Crippen LogP contribution >= 0.6 is 0 Å². The minimum Gasteiger partial charge on any atom is -0.247 e. The Kier molecular flexibility index (Phi) is 8.01. The molecule has 0 saturated heterocycles. The quantitative estimate of drug-likeness (QED) is 0.159. The first-order valence-electron chi connectivity index (χ1n) is 22.6. The average molecular weight is 889 g/mol. The van der Waals surface area contributed by atoms with Gasteiger partial charge in [0.2, 0.25) is 0 Å². The normalized spacial score (nSPS) is 11.7. The van der Waals surface area contributed by atoms with Crippen LogP contribution in [-0.2, 0) is 0 Å². The summed E-state index contributed by atoms with van der Waals surface area (Å²) in [7, 11) is 0. The van der Waals surface area contributed by atoms with Crippen molar-refractivity contribution in [2.75, 3.05) is 0 Å². The summed E-state index contributed by atoms with van der Waals surface area (Å²) < 4.78 is 4.75. The van der Waals surface area contributed by atoms with E-state index >= 15 is 0 Å². The van der Waals surface area contributed by atoms with Gasteiger partial charge in [-0.2, -0.15) is 21.0 Å². The maximum Gasteiger partial charge on any atom is 0.177 e. The van der Waals surface area contributed by atoms with Gasteiger partial charge in [0.05, 0.1) is 44.1 Å². The predicted molar refractivity (Wildman–Crippen MR) is 276 cm³/mol. The number of fused-ring (bicyclic) bond motifs is 18. The van der Waals surface area contributed by atoms with E-state index in [4.69, 9.17) is 9.97 Å². The van der Waals surface area contributed by atoms with Crippen molar-refractivity contribution in [1.82, 2.24) is 29.3 Å². The molecule has 0 N–H and O–H groups in total. The van der Waals surface area contributed by atoms with Crippen LogP contribution in [0.1, 0.15) is 22.8 Å². The van der Waals surface area contributed by atoms with Gasteiger partial charge in [-0.3, -0.25) is 0 Å². The van der Waals surface area contributed by atoms with Gasteiger partial charge in [-0.1, -0.05) is 146 Å². The van der Waals surface area contributed by atoms with Gasteiger partial charge in [-0.05, 0) is 56.9 Å². The molecule has 4 heterocycles. The number of benzene rings is 10. The van der Waals surface area contributed by atoms with E-state index in [1.54, 1.807) is 0 Å². The number of nitrogens with zero attached hydrogens (tertiary/aromatic N) is 10. The molecule has 70 heavy (non-hydrogen) atoms. The van der Waals surface area contributed by atoms with Crippen molar-refractivity contribution in [2.24, 2.45) is 0 Å². The topological polar surface area (TPSA) is 157 Å². The fourth-order valence-corrected chi connectivity index (χ4v) is 10.9. The van der Waals surface area contributed by atoms with E-state index in [1.807, 2.05) is 36.4 Å². The molecular weight excluding hydrogens is 861 g/mol. The Labute approximate surface area is 396 Å². The van der Waals surface area contributed by atoms with Crippen LogP contribution in [0.4, 0.5) is 0 Å². The Morgan fingerprint density at radius 3 is 0.971 bits per heavy atom. The number of hydrogen-bond acceptors (Lipinski definition) is 8. The zero-order valence-corrected chi connectivity index (χ0v) is 36.6. The van der Waals surface area contributed by atoms with Gasteiger partial charge in [0, 0.05) is 54.2 Å². The summed E-state index contributed by atoms with van der Waals surface area (Å²) in [4.78, 5) is 18.8. The maximum atomic E-state index is 9.98. The molecular formula is C60H28N10. The predicted octanol–water partition coefficient (Wildman–Crippen LogP) is 13.5. The molecule has 4 aromatic heterocycles. The summed E-state index contributed by atoms with van der Waals surface area (Å²) in [6.45, 7) is 0. The summed E-state index contributed by atoms with van der Waals surface area (Å²) >= 11 is 0. The third-order valence-electron chi connectivity index (χ3n) is 13.9. The highest BCUT2D eigenvalue weighted by Crippen LogP contribution is 2.44. The van der Waals surface area contributed by atoms with Crippen LogP contribution in [0.25, 0.3) is 131 Å². The second-order valence-electron chi connectivity index (χ2n) is 17.4. The third kappa shape index (κ3) is 5.22. The second kappa shape index (κ2) is 14.5. The molecule has 0 radical (unpaired) electrons. The summed E-state index contributed by atoms with van der Waals surface area (Å²) in [5.74, 6) is 0. The van der Waals surface area contributed by atoms with Gasteiger partial charge >= 0.3 is 0 Å². The summed E-state index contributed by atoms with van der Waals surface area (Å²) in [5, 5.41) is 51.4. The van der Waals surface area contributed by atoms with Crippen LogP contribution < -0.4 is 0 Å². The van der Waals surface area contributed by atoms with Crippen molar-refractivity contribution in [1.29, 1.82) is 21.0 Å². The van der Waals surface area contributed by atoms with Crippen LogP contribution in [0, 0.1) is 45.3 Å². The lowest BCUT2D eigenvalue weighted by molar-refractivity contribution is 0.776. The largest absolute Gasteiger partial charge is 0.247 e. The van der Waals surface area contributed by atoms with Gasteiger partial charge in [0.25, 0.3) is 0 Å². The number of hydrogen-bond donors (Lipinski definition) is 0. The molecule has 0 aliphatic carbocycles. The van der Waals surface area contributed by atoms with E-state index < -0.39 is 0 Å². The Hall–Kier alpha value is -10.5. The molecule has 14 rings (SSSR count). The van der Waals surface area contributed by atoms with Crippen molar-refractivity contribution in [3.8, 4) is 46.5 Å². The Balaban J connectivity index is 1.08. The van der Waals surface area contributed by atoms with E-state index in [9.17, 15) is 21.0 Å². The Morgan fingerprint density at radius 2 is 0.600 bits per heavy atom. The molecule has 10 aromatic carbocycles. The lowest BCUT2D eigenvalue weighted by atomic mass is 9.94. The molecule has 0 amide bonds. The summed E-state index contributed by atoms with van der Waals surface area (Å²) in [6.07, 6.45) is 0. The zero-order valence-electron chi connectivity index (χ0n) is 36.6. The average Bonchev–Trinajstić information content (AvgIpc) is 3.94. The lowest BCUT2D eigenvalue weighted by Gasteiger charge is -2.18. The molecule has 0 fully saturated rings. The number of para-hydroxylation sites is 4. The minimum atomic E-state index is -0.000341. The van der Waals surface area contributed by atoms with Gasteiger partial charge in [-0.15, -0.1) is 0 Å². The second-order valence-corrected chi connectivity index (χ2v) is 17.4. The maximum absolute atomic E-state index is 9.98. The van der Waals surface area contributed by atoms with E-state index in [0.29, 0.717) is 22.1 Å². The first kappa shape index (κ1) is 38.7. The van der Waals surface area contributed by atoms with Gasteiger partial charge < -0.3 is 0 Å². The summed E-state index contributed by atoms with van der Waals surface area (Å²) in [6, 6.07) is 67.2. The SMILES string of the molecule is N#Cc1nc2c3ccccc3c3cc(-c4cccc5c6ccccc6n(-n6c7ccccc7c7cccc(-c8ccc9c(c8)c8ccccc8c8nc(C#N)c(C#N)nc98)c76)c45)ccc3c2nc1C#N. The van der Waals surface area contributed by atoms with Crippen molar-refractivity contribution < 1.29 is 0 Å². The van der Waals surface area contributed by atoms with Crippen LogP contribution in [-0.4, -0.2) is 29.3 Å². The standard InChI is InChI=1S/C60H28N10/c61-29-49-51(31-63)67-57-43-25-23-33(27-47(43)37-11-1-3-15-41(37)55(57)65-49)35-17-9-19-45-39-13-5-7-21-53(39)69(59(35)45)70-54-22-8-6-14-40(54)46-20-10-18-36(60(46)70)34-24-26-44-48(28-34)38-12-2-4-16-42(38)56-58(44)68-52(32-64)50(30-62)66-56/h1-28H. The van der Waals surface area contributed by atoms with Crippen LogP contribution in [0.3, 0.4) is 0 Å². The molecule has 0 saturated carbocycles. The molecule has 0 aliphatic rings. The van der Waals surface area contributed by atoms with Crippen molar-refractivity contribution >= 4 is 109 Å². The monoisotopic (exact) mass is 888 g/mol. The van der Waals surface area contributed by atoms with Crippen molar-refractivity contribution in [3.05, 3.63) is 193 Å². The molecule has 0 atom stereocenters. The van der Waals surface area contributed by atoms with Gasteiger partial charge in [0.15, 0.2) is 22.8 Å². The van der Waals surface area contributed by atoms with E-state index in [2.05, 4.69) is 177 Å². The lowest BCUT2D eigenvalue weighted by Crippen LogP contribution is -2.09. The number of nitriles is 4. The highest BCUT2D eigenvalue weighted by atomic mass is 15.5. The van der Waals surface area contributed by atoms with Crippen LogP contribution in [0.5, 0.6) is 0 Å². The highest BCUT2D eigenvalue weighted by Gasteiger charge is 2.24. The molecule has 10 heteroatoms. The molecule has 318 valence electrons. The zero-order chi connectivity index (χ0) is 46.8. The third-order valence-corrected chi connectivity index (χ3v) is 13.9. The molecule has 10 nitrogen and oxygen atoms in total. The van der Waals surface area contributed by atoms with E-state index in [0.717, 1.165) is 109 Å². The molecule has 14 aromatic rings. The highest BCUT2D eigenvalue weighted by molar-refractivity contribution is 6.26.